The molecule has 1 saturated carbocycles. The average molecular weight is 219 g/mol. The lowest BCUT2D eigenvalue weighted by Gasteiger charge is -2.23. The zero-order valence-corrected chi connectivity index (χ0v) is 10.2. The summed E-state index contributed by atoms with van der Waals surface area (Å²) in [6.45, 7) is 2.30. The van der Waals surface area contributed by atoms with Gasteiger partial charge in [0.05, 0.1) is 0 Å². The van der Waals surface area contributed by atoms with E-state index in [1.54, 1.807) is 6.33 Å². The van der Waals surface area contributed by atoms with Crippen molar-refractivity contribution in [3.05, 3.63) is 24.3 Å². The molecule has 1 aromatic rings. The van der Waals surface area contributed by atoms with Crippen LogP contribution in [0.5, 0.6) is 0 Å². The molecule has 3 heteroatoms. The van der Waals surface area contributed by atoms with E-state index in [0.717, 1.165) is 11.8 Å². The van der Waals surface area contributed by atoms with Crippen molar-refractivity contribution in [3.8, 4) is 0 Å². The number of rotatable bonds is 4. The van der Waals surface area contributed by atoms with Gasteiger partial charge in [0.1, 0.15) is 6.33 Å². The monoisotopic (exact) mass is 219 g/mol. The quantitative estimate of drug-likeness (QED) is 0.845. The first-order valence-corrected chi connectivity index (χ1v) is 6.27. The molecule has 0 saturated heterocycles. The minimum Gasteiger partial charge on any atom is -0.313 e. The lowest BCUT2D eigenvalue weighted by atomic mass is 9.92. The van der Waals surface area contributed by atoms with Gasteiger partial charge in [-0.25, -0.2) is 9.97 Å². The molecule has 1 aromatic heterocycles. The van der Waals surface area contributed by atoms with Crippen molar-refractivity contribution in [2.75, 3.05) is 7.05 Å². The molecule has 1 aliphatic rings. The van der Waals surface area contributed by atoms with Gasteiger partial charge in [-0.05, 0) is 31.7 Å². The smallest absolute Gasteiger partial charge is 0.115 e. The van der Waals surface area contributed by atoms with Crippen LogP contribution < -0.4 is 5.32 Å². The van der Waals surface area contributed by atoms with E-state index in [1.165, 1.54) is 31.2 Å². The summed E-state index contributed by atoms with van der Waals surface area (Å²) >= 11 is 0. The van der Waals surface area contributed by atoms with Crippen LogP contribution in [0.2, 0.25) is 0 Å². The van der Waals surface area contributed by atoms with Gasteiger partial charge in [0.2, 0.25) is 0 Å². The Hall–Kier alpha value is -0.960. The average Bonchev–Trinajstić information content (AvgIpc) is 2.80. The summed E-state index contributed by atoms with van der Waals surface area (Å²) in [4.78, 5) is 8.23. The van der Waals surface area contributed by atoms with Gasteiger partial charge in [-0.3, -0.25) is 0 Å². The molecule has 2 rings (SSSR count). The summed E-state index contributed by atoms with van der Waals surface area (Å²) < 4.78 is 0. The first kappa shape index (κ1) is 11.5. The van der Waals surface area contributed by atoms with E-state index < -0.39 is 0 Å². The highest BCUT2D eigenvalue weighted by molar-refractivity contribution is 5.11. The van der Waals surface area contributed by atoms with Gasteiger partial charge in [-0.2, -0.15) is 0 Å². The first-order valence-electron chi connectivity index (χ1n) is 6.27. The van der Waals surface area contributed by atoms with Crippen LogP contribution in [0.15, 0.2) is 18.7 Å². The zero-order valence-electron chi connectivity index (χ0n) is 10.2. The molecule has 0 amide bonds. The Morgan fingerprint density at radius 2 is 2.12 bits per heavy atom. The summed E-state index contributed by atoms with van der Waals surface area (Å²) in [6.07, 6.45) is 10.8. The molecule has 0 aliphatic heterocycles. The van der Waals surface area contributed by atoms with Crippen molar-refractivity contribution < 1.29 is 0 Å². The second-order valence-corrected chi connectivity index (χ2v) is 4.79. The third-order valence-electron chi connectivity index (χ3n) is 3.88. The number of nitrogens with one attached hydrogen (secondary N) is 1. The zero-order chi connectivity index (χ0) is 11.4. The largest absolute Gasteiger partial charge is 0.313 e. The molecule has 3 nitrogen and oxygen atoms in total. The lowest BCUT2D eigenvalue weighted by Crippen LogP contribution is -2.24. The summed E-state index contributed by atoms with van der Waals surface area (Å²) in [7, 11) is 2.04. The van der Waals surface area contributed by atoms with E-state index in [9.17, 15) is 0 Å². The highest BCUT2D eigenvalue weighted by atomic mass is 14.9. The first-order chi connectivity index (χ1) is 7.85. The van der Waals surface area contributed by atoms with Crippen LogP contribution in [-0.4, -0.2) is 17.0 Å². The van der Waals surface area contributed by atoms with Crippen molar-refractivity contribution in [1.29, 1.82) is 0 Å². The van der Waals surface area contributed by atoms with Crippen molar-refractivity contribution in [1.82, 2.24) is 15.3 Å². The maximum atomic E-state index is 4.11. The van der Waals surface area contributed by atoms with Crippen LogP contribution in [0.3, 0.4) is 0 Å². The molecule has 0 aromatic carbocycles. The van der Waals surface area contributed by atoms with Gasteiger partial charge in [-0.1, -0.05) is 19.8 Å². The maximum absolute atomic E-state index is 4.11. The van der Waals surface area contributed by atoms with Gasteiger partial charge < -0.3 is 5.32 Å². The van der Waals surface area contributed by atoms with E-state index in [2.05, 4.69) is 22.2 Å². The van der Waals surface area contributed by atoms with Crippen molar-refractivity contribution in [3.63, 3.8) is 0 Å². The van der Waals surface area contributed by atoms with E-state index >= 15 is 0 Å². The van der Waals surface area contributed by atoms with Crippen LogP contribution in [0.1, 0.15) is 44.2 Å². The van der Waals surface area contributed by atoms with Crippen LogP contribution in [-0.2, 0) is 0 Å². The van der Waals surface area contributed by atoms with Crippen LogP contribution >= 0.6 is 0 Å². The molecule has 0 radical (unpaired) electrons. The normalized spacial score (nSPS) is 26.9. The lowest BCUT2D eigenvalue weighted by molar-refractivity contribution is 0.371. The summed E-state index contributed by atoms with van der Waals surface area (Å²) in [5.74, 6) is 1.67. The van der Waals surface area contributed by atoms with Crippen LogP contribution in [0.4, 0.5) is 0 Å². The fraction of sp³-hybridized carbons (Fsp3) is 0.692. The van der Waals surface area contributed by atoms with E-state index in [4.69, 9.17) is 0 Å². The van der Waals surface area contributed by atoms with Crippen LogP contribution in [0, 0.1) is 11.8 Å². The van der Waals surface area contributed by atoms with Crippen molar-refractivity contribution in [2.45, 2.75) is 38.6 Å². The minimum absolute atomic E-state index is 0.428. The van der Waals surface area contributed by atoms with Gasteiger partial charge >= 0.3 is 0 Å². The summed E-state index contributed by atoms with van der Waals surface area (Å²) in [5, 5.41) is 3.42. The topological polar surface area (TPSA) is 37.8 Å². The number of hydrogen-bond donors (Lipinski definition) is 1. The Bertz CT molecular complexity index is 312. The van der Waals surface area contributed by atoms with E-state index in [0.29, 0.717) is 6.04 Å². The third kappa shape index (κ3) is 2.40. The third-order valence-corrected chi connectivity index (χ3v) is 3.88. The molecule has 1 fully saturated rings. The highest BCUT2D eigenvalue weighted by Gasteiger charge is 2.30. The molecular formula is C13H21N3. The number of aromatic nitrogens is 2. The number of hydrogen-bond acceptors (Lipinski definition) is 3. The van der Waals surface area contributed by atoms with E-state index in [1.807, 2.05) is 19.4 Å². The SMILES string of the molecule is CCC1CCC(C(NC)c2cncnc2)C1. The Balaban J connectivity index is 2.06. The van der Waals surface area contributed by atoms with Gasteiger partial charge in [0.25, 0.3) is 0 Å². The van der Waals surface area contributed by atoms with Gasteiger partial charge in [0.15, 0.2) is 0 Å². The molecule has 1 heterocycles. The van der Waals surface area contributed by atoms with E-state index in [-0.39, 0.29) is 0 Å². The van der Waals surface area contributed by atoms with Gasteiger partial charge in [-0.15, -0.1) is 0 Å². The summed E-state index contributed by atoms with van der Waals surface area (Å²) in [6, 6.07) is 0.428. The van der Waals surface area contributed by atoms with Gasteiger partial charge in [0, 0.05) is 24.0 Å². The predicted octanol–water partition coefficient (Wildman–Crippen LogP) is 2.56. The number of nitrogens with zero attached hydrogens (tertiary/aromatic N) is 2. The van der Waals surface area contributed by atoms with Crippen molar-refractivity contribution in [2.24, 2.45) is 11.8 Å². The Kier molecular flexibility index (Phi) is 3.88. The Labute approximate surface area is 97.7 Å². The van der Waals surface area contributed by atoms with Crippen LogP contribution in [0.25, 0.3) is 0 Å². The molecule has 88 valence electrons. The Morgan fingerprint density at radius 1 is 1.38 bits per heavy atom. The second kappa shape index (κ2) is 5.39. The minimum atomic E-state index is 0.428. The second-order valence-electron chi connectivity index (χ2n) is 4.79. The predicted molar refractivity (Wildman–Crippen MR) is 65.0 cm³/mol. The molecule has 0 spiro atoms. The molecule has 3 unspecified atom stereocenters. The highest BCUT2D eigenvalue weighted by Crippen LogP contribution is 2.39. The molecule has 3 atom stereocenters. The maximum Gasteiger partial charge on any atom is 0.115 e. The standard InChI is InChI=1S/C13H21N3/c1-3-10-4-5-11(6-10)13(14-2)12-7-15-9-16-8-12/h7-11,13-14H,3-6H2,1-2H3. The molecule has 1 N–H and O–H groups in total. The van der Waals surface area contributed by atoms with Crippen molar-refractivity contribution >= 4 is 0 Å². The summed E-state index contributed by atoms with van der Waals surface area (Å²) in [5.41, 5.74) is 1.23. The fourth-order valence-electron chi connectivity index (χ4n) is 2.93. The fourth-order valence-corrected chi connectivity index (χ4v) is 2.93. The molecular weight excluding hydrogens is 198 g/mol. The molecule has 16 heavy (non-hydrogen) atoms. The Morgan fingerprint density at radius 3 is 2.69 bits per heavy atom. The molecule has 0 bridgehead atoms. The molecule has 1 aliphatic carbocycles.